The lowest BCUT2D eigenvalue weighted by atomic mass is 9.95. The van der Waals surface area contributed by atoms with Crippen LogP contribution in [0.3, 0.4) is 0 Å². The Morgan fingerprint density at radius 2 is 1.96 bits per heavy atom. The van der Waals surface area contributed by atoms with Crippen molar-refractivity contribution in [1.29, 1.82) is 0 Å². The summed E-state index contributed by atoms with van der Waals surface area (Å²) in [4.78, 5) is 4.29. The molecule has 1 saturated carbocycles. The molecule has 2 N–H and O–H groups in total. The summed E-state index contributed by atoms with van der Waals surface area (Å²) in [5, 5.41) is 13.4. The van der Waals surface area contributed by atoms with Crippen LogP contribution in [0, 0.1) is 6.92 Å². The quantitative estimate of drug-likeness (QED) is 0.884. The topological polar surface area (TPSA) is 54.4 Å². The van der Waals surface area contributed by atoms with Crippen LogP contribution in [0.4, 0.5) is 5.69 Å². The van der Waals surface area contributed by atoms with E-state index in [9.17, 15) is 5.11 Å². The molecule has 0 spiro atoms. The van der Waals surface area contributed by atoms with Crippen molar-refractivity contribution >= 4 is 5.69 Å². The Morgan fingerprint density at radius 1 is 1.17 bits per heavy atom. The Kier molecular flexibility index (Phi) is 5.13. The number of aryl methyl sites for hydroxylation is 1. The van der Waals surface area contributed by atoms with Gasteiger partial charge in [-0.2, -0.15) is 0 Å². The van der Waals surface area contributed by atoms with E-state index in [0.29, 0.717) is 0 Å². The van der Waals surface area contributed by atoms with Gasteiger partial charge in [0.25, 0.3) is 0 Å². The second-order valence-electron chi connectivity index (χ2n) is 6.13. The van der Waals surface area contributed by atoms with Crippen molar-refractivity contribution in [3.8, 4) is 5.75 Å². The van der Waals surface area contributed by atoms with Crippen molar-refractivity contribution in [2.24, 2.45) is 0 Å². The lowest BCUT2D eigenvalue weighted by Crippen LogP contribution is -2.34. The van der Waals surface area contributed by atoms with Gasteiger partial charge < -0.3 is 15.2 Å². The summed E-state index contributed by atoms with van der Waals surface area (Å²) in [7, 11) is 0. The Bertz CT molecular complexity index is 628. The highest BCUT2D eigenvalue weighted by Gasteiger charge is 2.24. The van der Waals surface area contributed by atoms with Crippen LogP contribution in [-0.4, -0.2) is 22.3 Å². The smallest absolute Gasteiger partial charge is 0.124 e. The van der Waals surface area contributed by atoms with Crippen LogP contribution < -0.4 is 10.1 Å². The van der Waals surface area contributed by atoms with Crippen molar-refractivity contribution < 1.29 is 9.84 Å². The lowest BCUT2D eigenvalue weighted by Gasteiger charge is -2.28. The first-order valence-electron chi connectivity index (χ1n) is 8.31. The van der Waals surface area contributed by atoms with E-state index in [-0.39, 0.29) is 12.2 Å². The maximum absolute atomic E-state index is 9.98. The number of aromatic nitrogens is 1. The zero-order valence-corrected chi connectivity index (χ0v) is 13.5. The third-order valence-corrected chi connectivity index (χ3v) is 4.41. The number of nitrogens with zero attached hydrogens (tertiary/aromatic N) is 1. The molecule has 4 nitrogen and oxygen atoms in total. The Hall–Kier alpha value is -2.07. The average molecular weight is 312 g/mol. The number of aliphatic hydroxyl groups excluding tert-OH is 1. The molecule has 2 atom stereocenters. The lowest BCUT2D eigenvalue weighted by molar-refractivity contribution is 0.00688. The van der Waals surface area contributed by atoms with Crippen LogP contribution in [0.15, 0.2) is 42.6 Å². The summed E-state index contributed by atoms with van der Waals surface area (Å²) in [6, 6.07) is 12.0. The highest BCUT2D eigenvalue weighted by atomic mass is 16.5. The number of aliphatic hydroxyl groups is 1. The van der Waals surface area contributed by atoms with Gasteiger partial charge in [0, 0.05) is 24.1 Å². The van der Waals surface area contributed by atoms with Gasteiger partial charge in [0.2, 0.25) is 0 Å². The summed E-state index contributed by atoms with van der Waals surface area (Å²) in [5.74, 6) is 0.819. The molecule has 1 aliphatic rings. The molecule has 2 aromatic rings. The fourth-order valence-corrected chi connectivity index (χ4v) is 2.94. The van der Waals surface area contributed by atoms with Crippen LogP contribution in [0.2, 0.25) is 0 Å². The number of ether oxygens (including phenoxy) is 1. The fraction of sp³-hybridized carbons (Fsp3) is 0.421. The van der Waals surface area contributed by atoms with Crippen molar-refractivity contribution in [1.82, 2.24) is 4.98 Å². The largest absolute Gasteiger partial charge is 0.488 e. The molecule has 1 aromatic heterocycles. The monoisotopic (exact) mass is 312 g/mol. The molecule has 0 saturated heterocycles. The second-order valence-corrected chi connectivity index (χ2v) is 6.13. The summed E-state index contributed by atoms with van der Waals surface area (Å²) in [6.45, 7) is 2.77. The van der Waals surface area contributed by atoms with Crippen molar-refractivity contribution in [2.45, 2.75) is 51.4 Å². The molecule has 23 heavy (non-hydrogen) atoms. The Balaban J connectivity index is 1.55. The van der Waals surface area contributed by atoms with Gasteiger partial charge in [-0.3, -0.25) is 4.98 Å². The standard InChI is InChI=1S/C19H24N2O2/c1-14-15(5-4-12-20-14)13-21-16-8-10-17(11-9-16)23-19-7-3-2-6-18(19)22/h4-5,8-12,18-19,21-22H,2-3,6-7,13H2,1H3. The van der Waals surface area contributed by atoms with Gasteiger partial charge in [-0.1, -0.05) is 12.5 Å². The molecule has 0 radical (unpaired) electrons. The molecule has 4 heteroatoms. The van der Waals surface area contributed by atoms with Crippen LogP contribution in [-0.2, 0) is 6.54 Å². The number of anilines is 1. The van der Waals surface area contributed by atoms with E-state index < -0.39 is 0 Å². The van der Waals surface area contributed by atoms with Gasteiger partial charge in [0.05, 0.1) is 6.10 Å². The van der Waals surface area contributed by atoms with E-state index in [2.05, 4.69) is 16.4 Å². The van der Waals surface area contributed by atoms with Crippen LogP contribution >= 0.6 is 0 Å². The van der Waals surface area contributed by atoms with E-state index in [4.69, 9.17) is 4.74 Å². The van der Waals surface area contributed by atoms with E-state index >= 15 is 0 Å². The van der Waals surface area contributed by atoms with E-state index in [1.807, 2.05) is 43.5 Å². The van der Waals surface area contributed by atoms with Crippen LogP contribution in [0.1, 0.15) is 36.9 Å². The highest BCUT2D eigenvalue weighted by molar-refractivity contribution is 5.47. The fourth-order valence-electron chi connectivity index (χ4n) is 2.94. The van der Waals surface area contributed by atoms with Gasteiger partial charge in [-0.25, -0.2) is 0 Å². The van der Waals surface area contributed by atoms with E-state index in [1.54, 1.807) is 0 Å². The maximum Gasteiger partial charge on any atom is 0.124 e. The Morgan fingerprint density at radius 3 is 2.70 bits per heavy atom. The number of nitrogens with one attached hydrogen (secondary N) is 1. The average Bonchev–Trinajstić information content (AvgIpc) is 2.57. The molecule has 1 aliphatic carbocycles. The number of benzene rings is 1. The minimum absolute atomic E-state index is 0.0689. The zero-order valence-electron chi connectivity index (χ0n) is 13.5. The molecular formula is C19H24N2O2. The molecule has 122 valence electrons. The molecule has 2 unspecified atom stereocenters. The van der Waals surface area contributed by atoms with Gasteiger partial charge >= 0.3 is 0 Å². The number of hydrogen-bond donors (Lipinski definition) is 2. The summed E-state index contributed by atoms with van der Waals surface area (Å²) in [5.41, 5.74) is 3.29. The first-order chi connectivity index (χ1) is 11.2. The summed E-state index contributed by atoms with van der Waals surface area (Å²) < 4.78 is 5.92. The predicted octanol–water partition coefficient (Wildman–Crippen LogP) is 3.68. The summed E-state index contributed by atoms with van der Waals surface area (Å²) >= 11 is 0. The van der Waals surface area contributed by atoms with Crippen molar-refractivity contribution in [3.63, 3.8) is 0 Å². The van der Waals surface area contributed by atoms with Gasteiger partial charge in [-0.15, -0.1) is 0 Å². The molecule has 1 heterocycles. The van der Waals surface area contributed by atoms with Gasteiger partial charge in [0.1, 0.15) is 11.9 Å². The maximum atomic E-state index is 9.98. The first-order valence-corrected chi connectivity index (χ1v) is 8.31. The highest BCUT2D eigenvalue weighted by Crippen LogP contribution is 2.25. The van der Waals surface area contributed by atoms with Gasteiger partial charge in [-0.05, 0) is 62.1 Å². The first kappa shape index (κ1) is 15.8. The predicted molar refractivity (Wildman–Crippen MR) is 91.6 cm³/mol. The van der Waals surface area contributed by atoms with Crippen molar-refractivity contribution in [2.75, 3.05) is 5.32 Å². The van der Waals surface area contributed by atoms with E-state index in [1.165, 1.54) is 5.56 Å². The van der Waals surface area contributed by atoms with Crippen molar-refractivity contribution in [3.05, 3.63) is 53.9 Å². The zero-order chi connectivity index (χ0) is 16.1. The van der Waals surface area contributed by atoms with Crippen LogP contribution in [0.25, 0.3) is 0 Å². The minimum Gasteiger partial charge on any atom is -0.488 e. The molecule has 3 rings (SSSR count). The van der Waals surface area contributed by atoms with E-state index in [0.717, 1.165) is 49.4 Å². The molecular weight excluding hydrogens is 288 g/mol. The third kappa shape index (κ3) is 4.23. The second kappa shape index (κ2) is 7.47. The third-order valence-electron chi connectivity index (χ3n) is 4.41. The summed E-state index contributed by atoms with van der Waals surface area (Å²) in [6.07, 6.45) is 5.40. The van der Waals surface area contributed by atoms with Gasteiger partial charge in [0.15, 0.2) is 0 Å². The molecule has 1 aromatic carbocycles. The molecule has 0 amide bonds. The molecule has 1 fully saturated rings. The van der Waals surface area contributed by atoms with Crippen LogP contribution in [0.5, 0.6) is 5.75 Å². The normalized spacial score (nSPS) is 21.0. The molecule has 0 bridgehead atoms. The number of pyridine rings is 1. The number of hydrogen-bond acceptors (Lipinski definition) is 4. The minimum atomic E-state index is -0.338. The Labute approximate surface area is 137 Å². The number of rotatable bonds is 5. The molecule has 0 aliphatic heterocycles. The SMILES string of the molecule is Cc1ncccc1CNc1ccc(OC2CCCCC2O)cc1.